The first kappa shape index (κ1) is 13.8. The summed E-state index contributed by atoms with van der Waals surface area (Å²) in [5, 5.41) is 1.24. The Balaban J connectivity index is 1.62. The van der Waals surface area contributed by atoms with Crippen LogP contribution in [0.3, 0.4) is 0 Å². The van der Waals surface area contributed by atoms with Gasteiger partial charge in [0.2, 0.25) is 6.79 Å². The Morgan fingerprint density at radius 2 is 1.73 bits per heavy atom. The highest BCUT2D eigenvalue weighted by Crippen LogP contribution is 2.35. The predicted molar refractivity (Wildman–Crippen MR) is 94.4 cm³/mol. The molecule has 0 unspecified atom stereocenters. The molecule has 4 rings (SSSR count). The van der Waals surface area contributed by atoms with E-state index in [1.54, 1.807) is 0 Å². The van der Waals surface area contributed by atoms with Crippen LogP contribution in [-0.4, -0.2) is 11.8 Å². The van der Waals surface area contributed by atoms with E-state index in [-0.39, 0.29) is 0 Å². The second kappa shape index (κ2) is 5.76. The zero-order valence-corrected chi connectivity index (χ0v) is 14.0. The van der Waals surface area contributed by atoms with E-state index in [0.717, 1.165) is 29.9 Å². The van der Waals surface area contributed by atoms with Crippen molar-refractivity contribution >= 4 is 33.5 Å². The van der Waals surface area contributed by atoms with E-state index in [0.29, 0.717) is 6.79 Å². The first-order valence-corrected chi connectivity index (χ1v) is 8.30. The number of ether oxygens (including phenoxy) is 2. The summed E-state index contributed by atoms with van der Waals surface area (Å²) in [5.41, 5.74) is 3.69. The second-order valence-electron chi connectivity index (χ2n) is 5.28. The van der Waals surface area contributed by atoms with Gasteiger partial charge in [-0.15, -0.1) is 0 Å². The monoisotopic (exact) mass is 403 g/mol. The number of aromatic nitrogens is 1. The highest BCUT2D eigenvalue weighted by molar-refractivity contribution is 14.1. The Labute approximate surface area is 142 Å². The van der Waals surface area contributed by atoms with Gasteiger partial charge in [-0.25, -0.2) is 0 Å². The second-order valence-corrected chi connectivity index (χ2v) is 6.45. The summed E-state index contributed by atoms with van der Waals surface area (Å²) >= 11 is 2.37. The van der Waals surface area contributed by atoms with Gasteiger partial charge in [-0.2, -0.15) is 0 Å². The maximum atomic E-state index is 5.48. The zero-order valence-electron chi connectivity index (χ0n) is 11.9. The van der Waals surface area contributed by atoms with Crippen molar-refractivity contribution in [2.75, 3.05) is 6.79 Å². The molecule has 0 spiro atoms. The normalized spacial score (nSPS) is 12.8. The molecule has 0 bridgehead atoms. The molecule has 1 aliphatic heterocycles. The van der Waals surface area contributed by atoms with Gasteiger partial charge in [-0.05, 0) is 70.8 Å². The van der Waals surface area contributed by atoms with E-state index in [1.165, 1.54) is 20.1 Å². The average Bonchev–Trinajstić information content (AvgIpc) is 2.99. The summed E-state index contributed by atoms with van der Waals surface area (Å²) in [6.45, 7) is 0.323. The van der Waals surface area contributed by atoms with Gasteiger partial charge in [0, 0.05) is 15.2 Å². The SMILES string of the molecule is Ic1cc2c(cc1CCc1ccnc3ccccc13)OCO2. The minimum Gasteiger partial charge on any atom is -0.454 e. The number of nitrogens with zero attached hydrogens (tertiary/aromatic N) is 1. The van der Waals surface area contributed by atoms with Crippen molar-refractivity contribution in [3.05, 3.63) is 63.4 Å². The molecule has 4 heteroatoms. The minimum atomic E-state index is 0.323. The molecule has 0 saturated carbocycles. The molecule has 3 nitrogen and oxygen atoms in total. The van der Waals surface area contributed by atoms with Gasteiger partial charge in [-0.1, -0.05) is 18.2 Å². The number of hydrogen-bond acceptors (Lipinski definition) is 3. The number of para-hydroxylation sites is 1. The minimum absolute atomic E-state index is 0.323. The van der Waals surface area contributed by atoms with Gasteiger partial charge in [0.25, 0.3) is 0 Å². The molecule has 0 N–H and O–H groups in total. The van der Waals surface area contributed by atoms with Crippen molar-refractivity contribution < 1.29 is 9.47 Å². The Morgan fingerprint density at radius 1 is 0.955 bits per heavy atom. The number of aryl methyl sites for hydroxylation is 2. The van der Waals surface area contributed by atoms with Crippen LogP contribution in [0.5, 0.6) is 11.5 Å². The lowest BCUT2D eigenvalue weighted by molar-refractivity contribution is 0.174. The number of halogens is 1. The van der Waals surface area contributed by atoms with Gasteiger partial charge in [0.1, 0.15) is 0 Å². The van der Waals surface area contributed by atoms with E-state index >= 15 is 0 Å². The van der Waals surface area contributed by atoms with Crippen molar-refractivity contribution in [2.24, 2.45) is 0 Å². The fraction of sp³-hybridized carbons (Fsp3) is 0.167. The molecule has 22 heavy (non-hydrogen) atoms. The first-order valence-electron chi connectivity index (χ1n) is 7.22. The van der Waals surface area contributed by atoms with Crippen LogP contribution in [0.15, 0.2) is 48.7 Å². The Morgan fingerprint density at radius 3 is 2.64 bits per heavy atom. The highest BCUT2D eigenvalue weighted by Gasteiger charge is 2.16. The summed E-state index contributed by atoms with van der Waals surface area (Å²) < 4.78 is 12.1. The lowest BCUT2D eigenvalue weighted by Gasteiger charge is -2.08. The van der Waals surface area contributed by atoms with Crippen LogP contribution in [0.4, 0.5) is 0 Å². The Kier molecular flexibility index (Phi) is 3.62. The lowest BCUT2D eigenvalue weighted by atomic mass is 10.0. The van der Waals surface area contributed by atoms with Gasteiger partial charge in [-0.3, -0.25) is 4.98 Å². The standard InChI is InChI=1S/C18H14INO2/c19-15-10-18-17(21-11-22-18)9-13(15)6-5-12-7-8-20-16-4-2-1-3-14(12)16/h1-4,7-10H,5-6,11H2. The third-order valence-corrected chi connectivity index (χ3v) is 4.95. The molecule has 3 aromatic rings. The summed E-state index contributed by atoms with van der Waals surface area (Å²) in [5.74, 6) is 1.71. The van der Waals surface area contributed by atoms with Gasteiger partial charge in [0.15, 0.2) is 11.5 Å². The highest BCUT2D eigenvalue weighted by atomic mass is 127. The van der Waals surface area contributed by atoms with Crippen molar-refractivity contribution in [1.29, 1.82) is 0 Å². The molecule has 0 aliphatic carbocycles. The molecule has 2 heterocycles. The average molecular weight is 403 g/mol. The third kappa shape index (κ3) is 2.52. The first-order chi connectivity index (χ1) is 10.8. The fourth-order valence-electron chi connectivity index (χ4n) is 2.79. The lowest BCUT2D eigenvalue weighted by Crippen LogP contribution is -1.96. The third-order valence-electron chi connectivity index (χ3n) is 3.94. The fourth-order valence-corrected chi connectivity index (χ4v) is 3.50. The van der Waals surface area contributed by atoms with Crippen LogP contribution in [0.1, 0.15) is 11.1 Å². The molecular formula is C18H14INO2. The number of fused-ring (bicyclic) bond motifs is 2. The summed E-state index contributed by atoms with van der Waals surface area (Å²) in [6, 6.07) is 14.6. The van der Waals surface area contributed by atoms with Crippen LogP contribution in [-0.2, 0) is 12.8 Å². The van der Waals surface area contributed by atoms with Crippen molar-refractivity contribution in [2.45, 2.75) is 12.8 Å². The van der Waals surface area contributed by atoms with Crippen LogP contribution in [0.2, 0.25) is 0 Å². The number of pyridine rings is 1. The van der Waals surface area contributed by atoms with Crippen molar-refractivity contribution in [3.8, 4) is 11.5 Å². The van der Waals surface area contributed by atoms with Gasteiger partial charge >= 0.3 is 0 Å². The molecule has 0 fully saturated rings. The number of hydrogen-bond donors (Lipinski definition) is 0. The summed E-state index contributed by atoms with van der Waals surface area (Å²) in [7, 11) is 0. The topological polar surface area (TPSA) is 31.4 Å². The van der Waals surface area contributed by atoms with Crippen LogP contribution in [0, 0.1) is 3.57 Å². The summed E-state index contributed by atoms with van der Waals surface area (Å²) in [6.07, 6.45) is 3.85. The van der Waals surface area contributed by atoms with E-state index < -0.39 is 0 Å². The maximum absolute atomic E-state index is 5.48. The van der Waals surface area contributed by atoms with E-state index in [2.05, 4.69) is 64.0 Å². The molecular weight excluding hydrogens is 389 g/mol. The molecule has 2 aromatic carbocycles. The molecule has 1 aliphatic rings. The van der Waals surface area contributed by atoms with E-state index in [9.17, 15) is 0 Å². The molecule has 0 saturated heterocycles. The van der Waals surface area contributed by atoms with Crippen LogP contribution < -0.4 is 9.47 Å². The largest absolute Gasteiger partial charge is 0.454 e. The van der Waals surface area contributed by atoms with Crippen LogP contribution in [0.25, 0.3) is 10.9 Å². The van der Waals surface area contributed by atoms with Crippen molar-refractivity contribution in [1.82, 2.24) is 4.98 Å². The number of benzene rings is 2. The van der Waals surface area contributed by atoms with Crippen LogP contribution >= 0.6 is 22.6 Å². The van der Waals surface area contributed by atoms with E-state index in [1.807, 2.05) is 12.3 Å². The van der Waals surface area contributed by atoms with Gasteiger partial charge in [0.05, 0.1) is 5.52 Å². The molecule has 0 amide bonds. The molecule has 0 atom stereocenters. The Bertz CT molecular complexity index is 842. The quantitative estimate of drug-likeness (QED) is 0.610. The van der Waals surface area contributed by atoms with Crippen molar-refractivity contribution in [3.63, 3.8) is 0 Å². The Hall–Kier alpha value is -1.82. The molecule has 0 radical (unpaired) electrons. The summed E-state index contributed by atoms with van der Waals surface area (Å²) in [4.78, 5) is 4.42. The van der Waals surface area contributed by atoms with E-state index in [4.69, 9.17) is 9.47 Å². The number of rotatable bonds is 3. The zero-order chi connectivity index (χ0) is 14.9. The predicted octanol–water partition coefficient (Wildman–Crippen LogP) is 4.35. The van der Waals surface area contributed by atoms with Gasteiger partial charge < -0.3 is 9.47 Å². The molecule has 110 valence electrons. The smallest absolute Gasteiger partial charge is 0.231 e. The maximum Gasteiger partial charge on any atom is 0.231 e. The molecule has 1 aromatic heterocycles.